The number of pyridine rings is 1. The number of thiophene rings is 1. The Hall–Kier alpha value is -1.62. The van der Waals surface area contributed by atoms with Gasteiger partial charge in [0.05, 0.1) is 21.5 Å². The number of hydrogen-bond acceptors (Lipinski definition) is 4. The summed E-state index contributed by atoms with van der Waals surface area (Å²) in [5.74, 6) is 0. The van der Waals surface area contributed by atoms with Crippen LogP contribution in [-0.2, 0) is 5.60 Å². The van der Waals surface area contributed by atoms with Crippen molar-refractivity contribution >= 4 is 38.8 Å². The van der Waals surface area contributed by atoms with Crippen molar-refractivity contribution in [2.24, 2.45) is 0 Å². The predicted molar refractivity (Wildman–Crippen MR) is 96.4 cm³/mol. The molecule has 1 fully saturated rings. The molecule has 0 amide bonds. The molecule has 1 saturated heterocycles. The van der Waals surface area contributed by atoms with Gasteiger partial charge in [-0.25, -0.2) is 0 Å². The van der Waals surface area contributed by atoms with E-state index in [1.807, 2.05) is 30.5 Å². The summed E-state index contributed by atoms with van der Waals surface area (Å²) in [5.41, 5.74) is 2.47. The van der Waals surface area contributed by atoms with Gasteiger partial charge in [-0.2, -0.15) is 0 Å². The monoisotopic (exact) mass is 344 g/mol. The smallest absolute Gasteiger partial charge is 0.0930 e. The van der Waals surface area contributed by atoms with E-state index in [1.165, 1.54) is 10.4 Å². The number of piperidine rings is 1. The Labute approximate surface area is 144 Å². The van der Waals surface area contributed by atoms with Crippen molar-refractivity contribution in [1.29, 1.82) is 0 Å². The van der Waals surface area contributed by atoms with E-state index in [0.29, 0.717) is 17.9 Å². The Balaban J connectivity index is 1.57. The Morgan fingerprint density at radius 2 is 1.83 bits per heavy atom. The third-order valence-corrected chi connectivity index (χ3v) is 5.81. The normalized spacial score (nSPS) is 17.6. The first-order chi connectivity index (χ1) is 11.2. The van der Waals surface area contributed by atoms with Crippen LogP contribution in [0.25, 0.3) is 10.2 Å². The van der Waals surface area contributed by atoms with E-state index >= 15 is 0 Å². The summed E-state index contributed by atoms with van der Waals surface area (Å²) in [7, 11) is 0. The maximum absolute atomic E-state index is 11.0. The van der Waals surface area contributed by atoms with Crippen LogP contribution in [0.1, 0.15) is 18.4 Å². The van der Waals surface area contributed by atoms with Crippen LogP contribution >= 0.6 is 22.9 Å². The van der Waals surface area contributed by atoms with Gasteiger partial charge < -0.3 is 10.0 Å². The standard InChI is InChI=1S/C18H17ClN2OS/c19-14-3-1-13(2-4-14)18(22)7-10-21(11-8-18)16-5-9-20-15-6-12-23-17(15)16/h1-6,9,12,22H,7-8,10-11H2. The van der Waals surface area contributed by atoms with Gasteiger partial charge in [0, 0.05) is 24.3 Å². The molecule has 0 saturated carbocycles. The quantitative estimate of drug-likeness (QED) is 0.746. The summed E-state index contributed by atoms with van der Waals surface area (Å²) in [6, 6.07) is 11.7. The second kappa shape index (κ2) is 5.78. The van der Waals surface area contributed by atoms with E-state index in [0.717, 1.165) is 24.2 Å². The number of aromatic nitrogens is 1. The molecular weight excluding hydrogens is 328 g/mol. The van der Waals surface area contributed by atoms with Crippen LogP contribution in [-0.4, -0.2) is 23.2 Å². The highest BCUT2D eigenvalue weighted by Gasteiger charge is 2.34. The molecular formula is C18H17ClN2OS. The Bertz CT molecular complexity index is 822. The van der Waals surface area contributed by atoms with E-state index in [1.54, 1.807) is 11.3 Å². The molecule has 0 atom stereocenters. The van der Waals surface area contributed by atoms with Gasteiger partial charge in [-0.1, -0.05) is 23.7 Å². The molecule has 3 nitrogen and oxygen atoms in total. The molecule has 2 aromatic heterocycles. The van der Waals surface area contributed by atoms with E-state index < -0.39 is 5.60 Å². The third kappa shape index (κ3) is 2.71. The summed E-state index contributed by atoms with van der Waals surface area (Å²) in [4.78, 5) is 6.76. The van der Waals surface area contributed by atoms with Crippen molar-refractivity contribution in [1.82, 2.24) is 4.98 Å². The average Bonchev–Trinajstić information content (AvgIpc) is 3.05. The SMILES string of the molecule is OC1(c2ccc(Cl)cc2)CCN(c2ccnc3ccsc23)CC1. The minimum Gasteiger partial charge on any atom is -0.385 e. The lowest BCUT2D eigenvalue weighted by Gasteiger charge is -2.39. The number of rotatable bonds is 2. The number of fused-ring (bicyclic) bond motifs is 1. The van der Waals surface area contributed by atoms with Crippen LogP contribution in [0, 0.1) is 0 Å². The van der Waals surface area contributed by atoms with Crippen LogP contribution in [0.4, 0.5) is 5.69 Å². The first kappa shape index (κ1) is 14.9. The maximum atomic E-state index is 11.0. The number of nitrogens with zero attached hydrogens (tertiary/aromatic N) is 2. The summed E-state index contributed by atoms with van der Waals surface area (Å²) in [5, 5.41) is 13.8. The second-order valence-electron chi connectivity index (χ2n) is 5.99. The van der Waals surface area contributed by atoms with Crippen LogP contribution in [0.15, 0.2) is 48.0 Å². The van der Waals surface area contributed by atoms with Gasteiger partial charge in [0.1, 0.15) is 0 Å². The summed E-state index contributed by atoms with van der Waals surface area (Å²) >= 11 is 7.67. The summed E-state index contributed by atoms with van der Waals surface area (Å²) in [6.07, 6.45) is 3.29. The molecule has 1 aliphatic heterocycles. The highest BCUT2D eigenvalue weighted by atomic mass is 35.5. The van der Waals surface area contributed by atoms with Gasteiger partial charge in [0.25, 0.3) is 0 Å². The Kier molecular flexibility index (Phi) is 3.76. The van der Waals surface area contributed by atoms with Gasteiger partial charge in [-0.3, -0.25) is 4.98 Å². The van der Waals surface area contributed by atoms with Crippen molar-refractivity contribution < 1.29 is 5.11 Å². The fraction of sp³-hybridized carbons (Fsp3) is 0.278. The second-order valence-corrected chi connectivity index (χ2v) is 7.34. The highest BCUT2D eigenvalue weighted by Crippen LogP contribution is 2.37. The van der Waals surface area contributed by atoms with E-state index in [2.05, 4.69) is 27.4 Å². The topological polar surface area (TPSA) is 36.4 Å². The van der Waals surface area contributed by atoms with Gasteiger partial charge in [0.15, 0.2) is 0 Å². The van der Waals surface area contributed by atoms with Crippen LogP contribution in [0.3, 0.4) is 0 Å². The van der Waals surface area contributed by atoms with Crippen molar-refractivity contribution in [3.05, 3.63) is 58.6 Å². The predicted octanol–water partition coefficient (Wildman–Crippen LogP) is 4.44. The van der Waals surface area contributed by atoms with Crippen molar-refractivity contribution in [3.8, 4) is 0 Å². The summed E-state index contributed by atoms with van der Waals surface area (Å²) < 4.78 is 1.23. The van der Waals surface area contributed by atoms with Gasteiger partial charge in [0.2, 0.25) is 0 Å². The number of aliphatic hydroxyl groups is 1. The number of halogens is 1. The molecule has 4 rings (SSSR count). The zero-order valence-corrected chi connectivity index (χ0v) is 14.1. The van der Waals surface area contributed by atoms with Crippen LogP contribution in [0.2, 0.25) is 5.02 Å². The molecule has 0 bridgehead atoms. The lowest BCUT2D eigenvalue weighted by atomic mass is 9.84. The molecule has 1 aliphatic rings. The van der Waals surface area contributed by atoms with E-state index in [-0.39, 0.29) is 0 Å². The molecule has 0 aliphatic carbocycles. The maximum Gasteiger partial charge on any atom is 0.0930 e. The van der Waals surface area contributed by atoms with Crippen LogP contribution < -0.4 is 4.90 Å². The molecule has 1 N–H and O–H groups in total. The molecule has 1 aromatic carbocycles. The molecule has 23 heavy (non-hydrogen) atoms. The minimum absolute atomic E-state index is 0.701. The molecule has 118 valence electrons. The average molecular weight is 345 g/mol. The molecule has 0 radical (unpaired) electrons. The van der Waals surface area contributed by atoms with Gasteiger partial charge >= 0.3 is 0 Å². The molecule has 5 heteroatoms. The summed E-state index contributed by atoms with van der Waals surface area (Å²) in [6.45, 7) is 1.66. The molecule has 3 heterocycles. The van der Waals surface area contributed by atoms with Crippen LogP contribution in [0.5, 0.6) is 0 Å². The van der Waals surface area contributed by atoms with E-state index in [4.69, 9.17) is 11.6 Å². The van der Waals surface area contributed by atoms with Crippen molar-refractivity contribution in [2.75, 3.05) is 18.0 Å². The number of hydrogen-bond donors (Lipinski definition) is 1. The number of anilines is 1. The molecule has 0 spiro atoms. The fourth-order valence-electron chi connectivity index (χ4n) is 3.28. The Morgan fingerprint density at radius 3 is 2.57 bits per heavy atom. The van der Waals surface area contributed by atoms with Gasteiger partial charge in [-0.15, -0.1) is 11.3 Å². The number of benzene rings is 1. The lowest BCUT2D eigenvalue weighted by molar-refractivity contribution is 0.0118. The first-order valence-corrected chi connectivity index (χ1v) is 8.97. The third-order valence-electron chi connectivity index (χ3n) is 4.64. The molecule has 3 aromatic rings. The largest absolute Gasteiger partial charge is 0.385 e. The minimum atomic E-state index is -0.761. The van der Waals surface area contributed by atoms with Crippen molar-refractivity contribution in [3.63, 3.8) is 0 Å². The Morgan fingerprint density at radius 1 is 1.09 bits per heavy atom. The van der Waals surface area contributed by atoms with E-state index in [9.17, 15) is 5.11 Å². The fourth-order valence-corrected chi connectivity index (χ4v) is 4.29. The highest BCUT2D eigenvalue weighted by molar-refractivity contribution is 7.17. The zero-order valence-electron chi connectivity index (χ0n) is 12.6. The van der Waals surface area contributed by atoms with Gasteiger partial charge in [-0.05, 0) is 48.1 Å². The van der Waals surface area contributed by atoms with Crippen molar-refractivity contribution in [2.45, 2.75) is 18.4 Å². The zero-order chi connectivity index (χ0) is 15.9. The first-order valence-electron chi connectivity index (χ1n) is 7.71. The molecule has 0 unspecified atom stereocenters. The lowest BCUT2D eigenvalue weighted by Crippen LogP contribution is -2.42.